The van der Waals surface area contributed by atoms with Gasteiger partial charge >= 0.3 is 18.4 Å². The van der Waals surface area contributed by atoms with Gasteiger partial charge in [0.05, 0.1) is 0 Å². The molecular weight excluding hydrogens is 257 g/mol. The Kier molecular flexibility index (Phi) is 5.44. The van der Waals surface area contributed by atoms with Crippen LogP contribution in [0, 0.1) is 0 Å². The molecule has 8 heteroatoms. The molecule has 0 radical (unpaired) electrons. The van der Waals surface area contributed by atoms with Gasteiger partial charge in [0.15, 0.2) is 0 Å². The number of allylic oxidation sites excluding steroid dienone is 1. The second kappa shape index (κ2) is 5.70. The highest BCUT2D eigenvalue weighted by molar-refractivity contribution is 5.00. The Hall–Kier alpha value is -0.790. The average Bonchev–Trinajstić information content (AvgIpc) is 2.08. The van der Waals surface area contributed by atoms with Crippen molar-refractivity contribution in [2.24, 2.45) is 0 Å². The molecule has 17 heavy (non-hydrogen) atoms. The van der Waals surface area contributed by atoms with Gasteiger partial charge in [0.1, 0.15) is 0 Å². The van der Waals surface area contributed by atoms with Crippen LogP contribution >= 0.6 is 0 Å². The summed E-state index contributed by atoms with van der Waals surface area (Å²) in [6.45, 7) is 1.73. The smallest absolute Gasteiger partial charge is 0.242 e. The van der Waals surface area contributed by atoms with Crippen molar-refractivity contribution in [3.05, 3.63) is 12.2 Å². The van der Waals surface area contributed by atoms with E-state index in [0.717, 1.165) is 0 Å². The predicted molar refractivity (Wildman–Crippen MR) is 45.7 cm³/mol. The van der Waals surface area contributed by atoms with E-state index < -0.39 is 18.4 Å². The van der Waals surface area contributed by atoms with Gasteiger partial charge in [0, 0.05) is 0 Å². The maximum Gasteiger partial charge on any atom is 0.525 e. The van der Waals surface area contributed by atoms with E-state index in [2.05, 4.69) is 4.74 Å². The van der Waals surface area contributed by atoms with Crippen LogP contribution in [-0.4, -0.2) is 18.4 Å². The van der Waals surface area contributed by atoms with Crippen LogP contribution in [0.5, 0.6) is 0 Å². The molecule has 0 aromatic heterocycles. The highest BCUT2D eigenvalue weighted by atomic mass is 19.4. The first-order valence-electron chi connectivity index (χ1n) is 4.72. The Labute approximate surface area is 93.2 Å². The fourth-order valence-corrected chi connectivity index (χ4v) is 0.912. The Morgan fingerprint density at radius 1 is 1.00 bits per heavy atom. The quantitative estimate of drug-likeness (QED) is 0.405. The molecule has 0 amide bonds. The number of rotatable bonds is 5. The molecule has 0 aliphatic rings. The highest BCUT2D eigenvalue weighted by Crippen LogP contribution is 2.40. The van der Waals surface area contributed by atoms with Crippen molar-refractivity contribution >= 4 is 0 Å². The van der Waals surface area contributed by atoms with E-state index in [-0.39, 0.29) is 12.5 Å². The maximum absolute atomic E-state index is 13.1. The van der Waals surface area contributed by atoms with Crippen molar-refractivity contribution in [1.82, 2.24) is 0 Å². The van der Waals surface area contributed by atoms with Crippen LogP contribution in [0.2, 0.25) is 0 Å². The van der Waals surface area contributed by atoms with Crippen LogP contribution in [0.4, 0.5) is 30.7 Å². The van der Waals surface area contributed by atoms with Crippen molar-refractivity contribution in [2.75, 3.05) is 0 Å². The molecule has 0 bridgehead atoms. The fraction of sp³-hybridized carbons (Fsp3) is 0.778. The molecule has 0 aromatic rings. The number of hydrogen-bond donors (Lipinski definition) is 0. The highest BCUT2D eigenvalue weighted by Gasteiger charge is 2.61. The Balaban J connectivity index is 4.81. The molecule has 1 nitrogen and oxygen atoms in total. The summed E-state index contributed by atoms with van der Waals surface area (Å²) in [7, 11) is 0. The number of ether oxygens (including phenoxy) is 1. The SMILES string of the molecule is CCCCC=CC(F)(OC(F)(F)F)C(F)(F)F. The third-order valence-electron chi connectivity index (χ3n) is 1.71. The summed E-state index contributed by atoms with van der Waals surface area (Å²) in [5.41, 5.74) is 0. The molecule has 0 saturated carbocycles. The Morgan fingerprint density at radius 2 is 1.53 bits per heavy atom. The van der Waals surface area contributed by atoms with Gasteiger partial charge in [0.2, 0.25) is 0 Å². The molecule has 0 aliphatic carbocycles. The largest absolute Gasteiger partial charge is 0.525 e. The molecule has 0 aromatic carbocycles. The van der Waals surface area contributed by atoms with Crippen molar-refractivity contribution in [1.29, 1.82) is 0 Å². The van der Waals surface area contributed by atoms with Gasteiger partial charge in [-0.05, 0) is 12.5 Å². The topological polar surface area (TPSA) is 9.23 Å². The molecule has 0 saturated heterocycles. The fourth-order valence-electron chi connectivity index (χ4n) is 0.912. The minimum absolute atomic E-state index is 0.0411. The van der Waals surface area contributed by atoms with Crippen LogP contribution in [-0.2, 0) is 4.74 Å². The number of hydrogen-bond acceptors (Lipinski definition) is 1. The van der Waals surface area contributed by atoms with E-state index in [0.29, 0.717) is 18.9 Å². The number of halogens is 7. The van der Waals surface area contributed by atoms with Crippen LogP contribution < -0.4 is 0 Å². The summed E-state index contributed by atoms with van der Waals surface area (Å²) in [6.07, 6.45) is -9.96. The van der Waals surface area contributed by atoms with E-state index in [1.54, 1.807) is 6.92 Å². The van der Waals surface area contributed by atoms with E-state index in [1.165, 1.54) is 0 Å². The van der Waals surface area contributed by atoms with Crippen molar-refractivity contribution in [3.8, 4) is 0 Å². The van der Waals surface area contributed by atoms with Gasteiger partial charge in [-0.25, -0.2) is 4.74 Å². The monoisotopic (exact) mass is 268 g/mol. The van der Waals surface area contributed by atoms with Crippen LogP contribution in [0.3, 0.4) is 0 Å². The molecule has 1 atom stereocenters. The van der Waals surface area contributed by atoms with Gasteiger partial charge in [-0.15, -0.1) is 13.2 Å². The normalized spacial score (nSPS) is 17.4. The molecule has 102 valence electrons. The summed E-state index contributed by atoms with van der Waals surface area (Å²) < 4.78 is 86.8. The van der Waals surface area contributed by atoms with E-state index in [9.17, 15) is 30.7 Å². The zero-order valence-electron chi connectivity index (χ0n) is 8.83. The lowest BCUT2D eigenvalue weighted by Crippen LogP contribution is -2.45. The standard InChI is InChI=1S/C9H11F7O/c1-2-3-4-5-6-7(10,8(11,12)13)17-9(14,15)16/h5-6H,2-4H2,1H3. The molecule has 0 rings (SSSR count). The van der Waals surface area contributed by atoms with Crippen molar-refractivity contribution < 1.29 is 35.5 Å². The molecule has 0 spiro atoms. The number of alkyl halides is 7. The van der Waals surface area contributed by atoms with Gasteiger partial charge in [0.25, 0.3) is 0 Å². The second-order valence-electron chi connectivity index (χ2n) is 3.24. The van der Waals surface area contributed by atoms with Crippen LogP contribution in [0.15, 0.2) is 12.2 Å². The summed E-state index contributed by atoms with van der Waals surface area (Å²) in [5, 5.41) is 0. The van der Waals surface area contributed by atoms with E-state index in [4.69, 9.17) is 0 Å². The third kappa shape index (κ3) is 5.90. The minimum Gasteiger partial charge on any atom is -0.242 e. The van der Waals surface area contributed by atoms with Crippen LogP contribution in [0.1, 0.15) is 26.2 Å². The van der Waals surface area contributed by atoms with Crippen molar-refractivity contribution in [3.63, 3.8) is 0 Å². The molecular formula is C9H11F7O. The zero-order valence-corrected chi connectivity index (χ0v) is 8.83. The first kappa shape index (κ1) is 16.2. The predicted octanol–water partition coefficient (Wildman–Crippen LogP) is 4.50. The second-order valence-corrected chi connectivity index (χ2v) is 3.24. The van der Waals surface area contributed by atoms with Gasteiger partial charge in [-0.2, -0.15) is 17.6 Å². The number of unbranched alkanes of at least 4 members (excludes halogenated alkanes) is 2. The summed E-state index contributed by atoms with van der Waals surface area (Å²) in [5.74, 6) is -4.83. The van der Waals surface area contributed by atoms with E-state index >= 15 is 0 Å². The molecule has 0 fully saturated rings. The molecule has 0 N–H and O–H groups in total. The lowest BCUT2D eigenvalue weighted by Gasteiger charge is -2.25. The summed E-state index contributed by atoms with van der Waals surface area (Å²) in [6, 6.07) is 0. The van der Waals surface area contributed by atoms with Gasteiger partial charge in [-0.1, -0.05) is 25.8 Å². The zero-order chi connectivity index (χ0) is 13.7. The summed E-state index contributed by atoms with van der Waals surface area (Å²) in [4.78, 5) is 0. The summed E-state index contributed by atoms with van der Waals surface area (Å²) >= 11 is 0. The maximum atomic E-state index is 13.1. The van der Waals surface area contributed by atoms with E-state index in [1.807, 2.05) is 0 Å². The Morgan fingerprint density at radius 3 is 1.88 bits per heavy atom. The molecule has 1 unspecified atom stereocenters. The molecule has 0 aliphatic heterocycles. The third-order valence-corrected chi connectivity index (χ3v) is 1.71. The molecule has 0 heterocycles. The minimum atomic E-state index is -5.79. The van der Waals surface area contributed by atoms with Crippen molar-refractivity contribution in [2.45, 2.75) is 44.6 Å². The average molecular weight is 268 g/mol. The Bertz CT molecular complexity index is 255. The lowest BCUT2D eigenvalue weighted by molar-refractivity contribution is -0.432. The van der Waals surface area contributed by atoms with Gasteiger partial charge < -0.3 is 0 Å². The first-order valence-corrected chi connectivity index (χ1v) is 4.72. The first-order chi connectivity index (χ1) is 7.52. The lowest BCUT2D eigenvalue weighted by atomic mass is 10.2. The van der Waals surface area contributed by atoms with Gasteiger partial charge in [-0.3, -0.25) is 0 Å². The van der Waals surface area contributed by atoms with Crippen LogP contribution in [0.25, 0.3) is 0 Å².